The van der Waals surface area contributed by atoms with Crippen LogP contribution >= 0.6 is 0 Å². The first-order chi connectivity index (χ1) is 13.0. The predicted octanol–water partition coefficient (Wildman–Crippen LogP) is 3.61. The van der Waals surface area contributed by atoms with E-state index in [4.69, 9.17) is 0 Å². The van der Waals surface area contributed by atoms with Gasteiger partial charge in [-0.3, -0.25) is 4.98 Å². The maximum atomic E-state index is 13.6. The van der Waals surface area contributed by atoms with Gasteiger partial charge >= 0.3 is 0 Å². The Kier molecular flexibility index (Phi) is 4.37. The molecule has 0 unspecified atom stereocenters. The van der Waals surface area contributed by atoms with Crippen molar-refractivity contribution >= 4 is 23.8 Å². The maximum Gasteiger partial charge on any atom is 0.266 e. The van der Waals surface area contributed by atoms with Crippen LogP contribution in [0.2, 0.25) is 0 Å². The number of hydrogen-bond acceptors (Lipinski definition) is 5. The number of halogens is 2. The van der Waals surface area contributed by atoms with E-state index in [0.29, 0.717) is 12.4 Å². The smallest absolute Gasteiger partial charge is 0.266 e. The van der Waals surface area contributed by atoms with Gasteiger partial charge in [0.2, 0.25) is 0 Å². The fourth-order valence-corrected chi connectivity index (χ4v) is 3.62. The first-order valence-corrected chi connectivity index (χ1v) is 8.95. The van der Waals surface area contributed by atoms with Crippen molar-refractivity contribution in [3.8, 4) is 0 Å². The molecule has 0 aromatic carbocycles. The van der Waals surface area contributed by atoms with Gasteiger partial charge < -0.3 is 9.80 Å². The molecule has 140 valence electrons. The second-order valence-electron chi connectivity index (χ2n) is 6.95. The molecule has 4 heterocycles. The van der Waals surface area contributed by atoms with E-state index in [2.05, 4.69) is 33.0 Å². The van der Waals surface area contributed by atoms with Gasteiger partial charge in [0, 0.05) is 44.4 Å². The third-order valence-corrected chi connectivity index (χ3v) is 5.12. The van der Waals surface area contributed by atoms with Gasteiger partial charge in [-0.05, 0) is 23.8 Å². The molecular weight excluding hydrogens is 348 g/mol. The normalized spacial score (nSPS) is 19.0. The molecule has 2 fully saturated rings. The Labute approximate surface area is 157 Å². The fourth-order valence-electron chi connectivity index (χ4n) is 3.62. The van der Waals surface area contributed by atoms with E-state index >= 15 is 0 Å². The number of hydrogen-bond donors (Lipinski definition) is 0. The summed E-state index contributed by atoms with van der Waals surface area (Å²) in [6.07, 6.45) is 6.53. The number of nitrogens with zero attached hydrogens (tertiary/aromatic N) is 5. The van der Waals surface area contributed by atoms with Gasteiger partial charge in [-0.1, -0.05) is 19.2 Å². The van der Waals surface area contributed by atoms with Crippen molar-refractivity contribution in [2.75, 3.05) is 36.0 Å². The van der Waals surface area contributed by atoms with Crippen molar-refractivity contribution in [3.63, 3.8) is 0 Å². The van der Waals surface area contributed by atoms with Gasteiger partial charge in [0.15, 0.2) is 5.82 Å². The Balaban J connectivity index is 1.51. The van der Waals surface area contributed by atoms with Crippen molar-refractivity contribution in [1.82, 2.24) is 15.0 Å². The van der Waals surface area contributed by atoms with Crippen LogP contribution in [-0.2, 0) is 0 Å². The van der Waals surface area contributed by atoms with Gasteiger partial charge in [-0.2, -0.15) is 0 Å². The summed E-state index contributed by atoms with van der Waals surface area (Å²) in [5.41, 5.74) is 2.53. The highest BCUT2D eigenvalue weighted by Gasteiger charge is 2.41. The van der Waals surface area contributed by atoms with E-state index in [1.807, 2.05) is 12.1 Å². The fraction of sp³-hybridized carbons (Fsp3) is 0.350. The summed E-state index contributed by atoms with van der Waals surface area (Å²) in [5.74, 6) is -1.06. The quantitative estimate of drug-likeness (QED) is 0.806. The molecule has 5 nitrogen and oxygen atoms in total. The molecular formula is C20H21F2N5. The zero-order valence-electron chi connectivity index (χ0n) is 15.0. The lowest BCUT2D eigenvalue weighted by atomic mass is 9.95. The van der Waals surface area contributed by atoms with E-state index in [1.54, 1.807) is 29.4 Å². The second-order valence-corrected chi connectivity index (χ2v) is 6.95. The molecule has 7 heteroatoms. The van der Waals surface area contributed by atoms with Crippen LogP contribution in [0, 0.1) is 0 Å². The minimum atomic E-state index is -2.65. The topological polar surface area (TPSA) is 45.2 Å². The van der Waals surface area contributed by atoms with Gasteiger partial charge in [-0.15, -0.1) is 0 Å². The van der Waals surface area contributed by atoms with Gasteiger partial charge in [0.25, 0.3) is 5.92 Å². The van der Waals surface area contributed by atoms with E-state index in [0.717, 1.165) is 35.9 Å². The highest BCUT2D eigenvalue weighted by Crippen LogP contribution is 2.37. The van der Waals surface area contributed by atoms with Gasteiger partial charge in [0.05, 0.1) is 17.9 Å². The van der Waals surface area contributed by atoms with Crippen molar-refractivity contribution in [3.05, 3.63) is 54.6 Å². The molecule has 4 rings (SSSR count). The summed E-state index contributed by atoms with van der Waals surface area (Å²) in [6, 6.07) is 3.93. The molecule has 2 saturated heterocycles. The van der Waals surface area contributed by atoms with Crippen LogP contribution in [0.3, 0.4) is 0 Å². The zero-order chi connectivity index (χ0) is 19.0. The van der Waals surface area contributed by atoms with Crippen molar-refractivity contribution in [1.29, 1.82) is 0 Å². The third-order valence-electron chi connectivity index (χ3n) is 5.12. The number of rotatable bonds is 5. The zero-order valence-corrected chi connectivity index (χ0v) is 15.0. The predicted molar refractivity (Wildman–Crippen MR) is 103 cm³/mol. The van der Waals surface area contributed by atoms with Crippen molar-refractivity contribution in [2.45, 2.75) is 18.3 Å². The first kappa shape index (κ1) is 17.6. The number of alkyl halides is 2. The monoisotopic (exact) mass is 369 g/mol. The van der Waals surface area contributed by atoms with Crippen LogP contribution in [-0.4, -0.2) is 47.1 Å². The molecule has 2 aromatic rings. The summed E-state index contributed by atoms with van der Waals surface area (Å²) >= 11 is 0. The Morgan fingerprint density at radius 3 is 2.52 bits per heavy atom. The minimum absolute atomic E-state index is 0.135. The van der Waals surface area contributed by atoms with Crippen molar-refractivity contribution < 1.29 is 8.78 Å². The summed E-state index contributed by atoms with van der Waals surface area (Å²) in [7, 11) is 0. The molecule has 0 aliphatic carbocycles. The number of aromatic nitrogens is 3. The lowest BCUT2D eigenvalue weighted by molar-refractivity contribution is 0.0256. The Hall–Kier alpha value is -2.83. The maximum absolute atomic E-state index is 13.6. The Bertz CT molecular complexity index is 876. The average Bonchev–Trinajstić information content (AvgIpc) is 3.00. The van der Waals surface area contributed by atoms with Crippen LogP contribution in [0.1, 0.15) is 29.3 Å². The van der Waals surface area contributed by atoms with E-state index in [-0.39, 0.29) is 18.9 Å². The Morgan fingerprint density at radius 2 is 1.85 bits per heavy atom. The molecule has 27 heavy (non-hydrogen) atoms. The molecule has 2 aliphatic rings. The molecule has 0 atom stereocenters. The van der Waals surface area contributed by atoms with Crippen LogP contribution in [0.4, 0.5) is 20.4 Å². The summed E-state index contributed by atoms with van der Waals surface area (Å²) in [6.45, 7) is 9.06. The summed E-state index contributed by atoms with van der Waals surface area (Å²) < 4.78 is 27.2. The van der Waals surface area contributed by atoms with Gasteiger partial charge in [0.1, 0.15) is 5.82 Å². The molecule has 0 saturated carbocycles. The highest BCUT2D eigenvalue weighted by atomic mass is 19.3. The van der Waals surface area contributed by atoms with Crippen LogP contribution in [0.15, 0.2) is 37.7 Å². The summed E-state index contributed by atoms with van der Waals surface area (Å²) in [5, 5.41) is 0. The molecule has 2 aliphatic heterocycles. The standard InChI is InChI=1S/C20H21F2N5/c1-3-14-5-6-17(25-16(14)4-2)27-11-15(12-27)18-19(24-9-8-23-18)26-10-7-20(21,22)13-26/h3-6,8-9,15H,1-2,7,10-13H2. The molecule has 0 spiro atoms. The number of anilines is 2. The SMILES string of the molecule is C=Cc1ccc(N2CC(c3nccnc3N3CCC(F)(F)C3)C2)nc1C=C. The molecule has 0 radical (unpaired) electrons. The van der Waals surface area contributed by atoms with E-state index in [9.17, 15) is 8.78 Å². The molecule has 0 bridgehead atoms. The van der Waals surface area contributed by atoms with Crippen LogP contribution in [0.5, 0.6) is 0 Å². The van der Waals surface area contributed by atoms with Crippen LogP contribution < -0.4 is 9.80 Å². The summed E-state index contributed by atoms with van der Waals surface area (Å²) in [4.78, 5) is 17.2. The second kappa shape index (κ2) is 6.72. The molecule has 2 aromatic heterocycles. The van der Waals surface area contributed by atoms with E-state index < -0.39 is 5.92 Å². The molecule has 0 amide bonds. The lowest BCUT2D eigenvalue weighted by Gasteiger charge is -2.40. The van der Waals surface area contributed by atoms with Crippen molar-refractivity contribution in [2.24, 2.45) is 0 Å². The first-order valence-electron chi connectivity index (χ1n) is 8.95. The minimum Gasteiger partial charge on any atom is -0.355 e. The van der Waals surface area contributed by atoms with Crippen LogP contribution in [0.25, 0.3) is 12.2 Å². The Morgan fingerprint density at radius 1 is 1.07 bits per heavy atom. The average molecular weight is 369 g/mol. The molecule has 0 N–H and O–H groups in total. The highest BCUT2D eigenvalue weighted by molar-refractivity contribution is 5.63. The van der Waals surface area contributed by atoms with E-state index in [1.165, 1.54) is 0 Å². The lowest BCUT2D eigenvalue weighted by Crippen LogP contribution is -2.46. The third kappa shape index (κ3) is 3.29. The number of pyridine rings is 1. The van der Waals surface area contributed by atoms with Gasteiger partial charge in [-0.25, -0.2) is 18.7 Å². The largest absolute Gasteiger partial charge is 0.355 e.